The van der Waals surface area contributed by atoms with Crippen LogP contribution < -0.4 is 14.8 Å². The molecule has 0 unspecified atom stereocenters. The van der Waals surface area contributed by atoms with Gasteiger partial charge in [-0.15, -0.1) is 0 Å². The lowest BCUT2D eigenvalue weighted by Gasteiger charge is -2.17. The van der Waals surface area contributed by atoms with Gasteiger partial charge in [-0.25, -0.2) is 0 Å². The van der Waals surface area contributed by atoms with Gasteiger partial charge >= 0.3 is 0 Å². The fraction of sp³-hybridized carbons (Fsp3) is 0.174. The van der Waals surface area contributed by atoms with Crippen molar-refractivity contribution in [2.45, 2.75) is 18.3 Å². The van der Waals surface area contributed by atoms with Crippen molar-refractivity contribution in [3.8, 4) is 22.6 Å². The predicted octanol–water partition coefficient (Wildman–Crippen LogP) is 5.41. The average molecular weight is 392 g/mol. The third kappa shape index (κ3) is 2.90. The number of benzene rings is 3. The molecule has 0 bridgehead atoms. The zero-order valence-electron chi connectivity index (χ0n) is 15.1. The van der Waals surface area contributed by atoms with Crippen LogP contribution in [0.4, 0.5) is 5.69 Å². The molecule has 5 rings (SSSR count). The lowest BCUT2D eigenvalue weighted by atomic mass is 9.94. The van der Waals surface area contributed by atoms with Gasteiger partial charge in [0.1, 0.15) is 0 Å². The van der Waals surface area contributed by atoms with Crippen molar-refractivity contribution in [3.05, 3.63) is 77.3 Å². The highest BCUT2D eigenvalue weighted by atomic mass is 35.5. The van der Waals surface area contributed by atoms with Crippen molar-refractivity contribution in [2.24, 2.45) is 0 Å². The Bertz CT molecular complexity index is 1070. The normalized spacial score (nSPS) is 15.9. The van der Waals surface area contributed by atoms with Crippen molar-refractivity contribution in [1.29, 1.82) is 0 Å². The van der Waals surface area contributed by atoms with Crippen LogP contribution in [-0.4, -0.2) is 12.7 Å². The SMILES string of the molecule is O=C(Nc1cccc(-c2ccccc2Cl)c1)C1(c2ccc3c(c2)OCO3)CC1. The van der Waals surface area contributed by atoms with Gasteiger partial charge in [0.2, 0.25) is 12.7 Å². The average Bonchev–Trinajstić information content (AvgIpc) is 3.40. The van der Waals surface area contributed by atoms with Crippen LogP contribution in [0.5, 0.6) is 11.5 Å². The fourth-order valence-electron chi connectivity index (χ4n) is 3.68. The van der Waals surface area contributed by atoms with Crippen LogP contribution >= 0.6 is 11.6 Å². The maximum absolute atomic E-state index is 13.1. The minimum Gasteiger partial charge on any atom is -0.454 e. The van der Waals surface area contributed by atoms with Crippen molar-refractivity contribution >= 4 is 23.2 Å². The molecule has 1 aliphatic heterocycles. The van der Waals surface area contributed by atoms with E-state index in [1.165, 1.54) is 0 Å². The molecule has 1 amide bonds. The Hall–Kier alpha value is -2.98. The molecule has 4 nitrogen and oxygen atoms in total. The Labute approximate surface area is 168 Å². The Kier molecular flexibility index (Phi) is 4.02. The molecule has 1 heterocycles. The van der Waals surface area contributed by atoms with Crippen molar-refractivity contribution in [3.63, 3.8) is 0 Å². The number of rotatable bonds is 4. The van der Waals surface area contributed by atoms with Crippen LogP contribution in [0.25, 0.3) is 11.1 Å². The summed E-state index contributed by atoms with van der Waals surface area (Å²) in [5, 5.41) is 3.77. The Morgan fingerprint density at radius 1 is 0.929 bits per heavy atom. The van der Waals surface area contributed by atoms with E-state index < -0.39 is 5.41 Å². The summed E-state index contributed by atoms with van der Waals surface area (Å²) in [4.78, 5) is 13.1. The van der Waals surface area contributed by atoms with Gasteiger partial charge in [-0.3, -0.25) is 4.79 Å². The standard InChI is InChI=1S/C23H18ClNO3/c24-19-7-2-1-6-18(19)15-4-3-5-17(12-15)25-22(26)23(10-11-23)16-8-9-20-21(13-16)28-14-27-20/h1-9,12-13H,10-11,14H2,(H,25,26). The first-order valence-corrected chi connectivity index (χ1v) is 9.60. The van der Waals surface area contributed by atoms with E-state index >= 15 is 0 Å². The van der Waals surface area contributed by atoms with Gasteiger partial charge in [-0.2, -0.15) is 0 Å². The molecule has 0 atom stereocenters. The summed E-state index contributed by atoms with van der Waals surface area (Å²) in [6.07, 6.45) is 1.64. The summed E-state index contributed by atoms with van der Waals surface area (Å²) in [6.45, 7) is 0.229. The van der Waals surface area contributed by atoms with E-state index in [9.17, 15) is 4.79 Å². The number of carbonyl (C=O) groups excluding carboxylic acids is 1. The second-order valence-corrected chi connectivity index (χ2v) is 7.57. The lowest BCUT2D eigenvalue weighted by Crippen LogP contribution is -2.27. The Morgan fingerprint density at radius 3 is 2.57 bits per heavy atom. The number of carbonyl (C=O) groups is 1. The monoisotopic (exact) mass is 391 g/mol. The Balaban J connectivity index is 1.40. The first kappa shape index (κ1) is 17.1. The highest BCUT2D eigenvalue weighted by Gasteiger charge is 2.51. The van der Waals surface area contributed by atoms with E-state index in [4.69, 9.17) is 21.1 Å². The molecule has 28 heavy (non-hydrogen) atoms. The van der Waals surface area contributed by atoms with Crippen LogP contribution in [0.1, 0.15) is 18.4 Å². The van der Waals surface area contributed by atoms with E-state index in [1.807, 2.05) is 66.7 Å². The number of anilines is 1. The highest BCUT2D eigenvalue weighted by molar-refractivity contribution is 6.33. The van der Waals surface area contributed by atoms with Crippen molar-refractivity contribution < 1.29 is 14.3 Å². The molecule has 1 N–H and O–H groups in total. The van der Waals surface area contributed by atoms with E-state index in [2.05, 4.69) is 5.32 Å². The van der Waals surface area contributed by atoms with Gasteiger partial charge < -0.3 is 14.8 Å². The summed E-state index contributed by atoms with van der Waals surface area (Å²) in [5.74, 6) is 1.44. The van der Waals surface area contributed by atoms with E-state index in [0.29, 0.717) is 10.8 Å². The van der Waals surface area contributed by atoms with Crippen LogP contribution in [0.2, 0.25) is 5.02 Å². The molecular weight excluding hydrogens is 374 g/mol. The summed E-state index contributed by atoms with van der Waals surface area (Å²) < 4.78 is 10.8. The van der Waals surface area contributed by atoms with Gasteiger partial charge in [0.05, 0.1) is 5.41 Å². The van der Waals surface area contributed by atoms with Crippen LogP contribution in [0, 0.1) is 0 Å². The maximum atomic E-state index is 13.1. The molecule has 5 heteroatoms. The minimum atomic E-state index is -0.499. The number of nitrogens with one attached hydrogen (secondary N) is 1. The zero-order valence-corrected chi connectivity index (χ0v) is 15.8. The van der Waals surface area contributed by atoms with Gasteiger partial charge in [-0.1, -0.05) is 48.0 Å². The lowest BCUT2D eigenvalue weighted by molar-refractivity contribution is -0.118. The molecular formula is C23H18ClNO3. The second kappa shape index (κ2) is 6.57. The maximum Gasteiger partial charge on any atom is 0.235 e. The number of fused-ring (bicyclic) bond motifs is 1. The van der Waals surface area contributed by atoms with E-state index in [0.717, 1.165) is 41.0 Å². The molecule has 140 valence electrons. The smallest absolute Gasteiger partial charge is 0.235 e. The minimum absolute atomic E-state index is 0.00248. The number of halogens is 1. The van der Waals surface area contributed by atoms with E-state index in [-0.39, 0.29) is 12.7 Å². The summed E-state index contributed by atoms with van der Waals surface area (Å²) in [6, 6.07) is 21.2. The molecule has 0 saturated heterocycles. The topological polar surface area (TPSA) is 47.6 Å². The quantitative estimate of drug-likeness (QED) is 0.647. The molecule has 3 aromatic rings. The number of hydrogen-bond donors (Lipinski definition) is 1. The molecule has 0 aromatic heterocycles. The highest BCUT2D eigenvalue weighted by Crippen LogP contribution is 2.51. The van der Waals surface area contributed by atoms with Gasteiger partial charge in [0.15, 0.2) is 11.5 Å². The number of ether oxygens (including phenoxy) is 2. The van der Waals surface area contributed by atoms with Crippen LogP contribution in [0.15, 0.2) is 66.7 Å². The largest absolute Gasteiger partial charge is 0.454 e. The zero-order chi connectivity index (χ0) is 19.1. The Morgan fingerprint density at radius 2 is 1.75 bits per heavy atom. The third-order valence-electron chi connectivity index (χ3n) is 5.42. The first-order valence-electron chi connectivity index (χ1n) is 9.22. The fourth-order valence-corrected chi connectivity index (χ4v) is 3.92. The van der Waals surface area contributed by atoms with Crippen molar-refractivity contribution in [1.82, 2.24) is 0 Å². The van der Waals surface area contributed by atoms with E-state index in [1.54, 1.807) is 0 Å². The summed E-state index contributed by atoms with van der Waals surface area (Å²) in [7, 11) is 0. The molecule has 0 spiro atoms. The molecule has 1 aliphatic carbocycles. The molecule has 1 saturated carbocycles. The van der Waals surface area contributed by atoms with Crippen molar-refractivity contribution in [2.75, 3.05) is 12.1 Å². The van der Waals surface area contributed by atoms with Crippen LogP contribution in [-0.2, 0) is 10.2 Å². The first-order chi connectivity index (χ1) is 13.7. The second-order valence-electron chi connectivity index (χ2n) is 7.16. The summed E-state index contributed by atoms with van der Waals surface area (Å²) in [5.41, 5.74) is 3.14. The third-order valence-corrected chi connectivity index (χ3v) is 5.74. The molecule has 0 radical (unpaired) electrons. The number of hydrogen-bond acceptors (Lipinski definition) is 3. The number of amides is 1. The van der Waals surface area contributed by atoms with Crippen LogP contribution in [0.3, 0.4) is 0 Å². The van der Waals surface area contributed by atoms with Gasteiger partial charge in [-0.05, 0) is 54.3 Å². The van der Waals surface area contributed by atoms with Gasteiger partial charge in [0, 0.05) is 16.3 Å². The van der Waals surface area contributed by atoms with Gasteiger partial charge in [0.25, 0.3) is 0 Å². The molecule has 2 aliphatic rings. The molecule has 3 aromatic carbocycles. The predicted molar refractivity (Wildman–Crippen MR) is 109 cm³/mol. The summed E-state index contributed by atoms with van der Waals surface area (Å²) >= 11 is 6.32. The molecule has 1 fully saturated rings.